The molecule has 0 aliphatic carbocycles. The van der Waals surface area contributed by atoms with Gasteiger partial charge in [-0.3, -0.25) is 9.69 Å². The number of hydrogen-bond acceptors (Lipinski definition) is 4. The fraction of sp³-hybridized carbons (Fsp3) is 0.478. The molecule has 6 nitrogen and oxygen atoms in total. The summed E-state index contributed by atoms with van der Waals surface area (Å²) >= 11 is 0. The summed E-state index contributed by atoms with van der Waals surface area (Å²) in [6.07, 6.45) is 7.71. The number of aromatic nitrogens is 2. The van der Waals surface area contributed by atoms with Crippen molar-refractivity contribution in [3.63, 3.8) is 0 Å². The molecule has 3 aromatic rings. The molecule has 0 radical (unpaired) electrons. The number of hydrogen-bond donors (Lipinski definition) is 1. The van der Waals surface area contributed by atoms with Gasteiger partial charge in [-0.05, 0) is 37.8 Å². The molecule has 2 saturated heterocycles. The van der Waals surface area contributed by atoms with Gasteiger partial charge in [-0.2, -0.15) is 0 Å². The number of aryl methyl sites for hydroxylation is 1. The van der Waals surface area contributed by atoms with Gasteiger partial charge in [0.1, 0.15) is 17.2 Å². The van der Waals surface area contributed by atoms with Crippen LogP contribution in [0, 0.1) is 5.41 Å². The van der Waals surface area contributed by atoms with Gasteiger partial charge in [0.25, 0.3) is 0 Å². The minimum absolute atomic E-state index is 0.171. The molecule has 2 aliphatic heterocycles. The van der Waals surface area contributed by atoms with E-state index in [1.165, 1.54) is 6.42 Å². The van der Waals surface area contributed by atoms with Crippen LogP contribution in [0.1, 0.15) is 44.2 Å². The summed E-state index contributed by atoms with van der Waals surface area (Å²) < 4.78 is 8.03. The van der Waals surface area contributed by atoms with Crippen LogP contribution < -0.4 is 5.32 Å². The molecule has 1 amide bonds. The molecule has 29 heavy (non-hydrogen) atoms. The molecule has 1 N–H and O–H groups in total. The molecule has 0 spiro atoms. The van der Waals surface area contributed by atoms with Crippen LogP contribution in [0.25, 0.3) is 11.0 Å². The van der Waals surface area contributed by atoms with E-state index in [1.54, 1.807) is 6.20 Å². The molecule has 0 saturated carbocycles. The standard InChI is InChI=1S/C23H28N4O2/c1-3-23(22(28)25-14-21-24-10-11-26(21)2)13-17-8-9-20(23)27(17)15-18-12-16-6-4-5-7-19(16)29-18/h4-7,10-12,17,20H,3,8-9,13-15H2,1-2H3,(H,25,28)/t17-,20+,23+/m0/s1. The molecular formula is C23H28N4O2. The van der Waals surface area contributed by atoms with E-state index >= 15 is 0 Å². The van der Waals surface area contributed by atoms with Gasteiger partial charge in [0.05, 0.1) is 18.5 Å². The van der Waals surface area contributed by atoms with Gasteiger partial charge >= 0.3 is 0 Å². The highest BCUT2D eigenvalue weighted by atomic mass is 16.3. The van der Waals surface area contributed by atoms with Gasteiger partial charge in [0.2, 0.25) is 5.91 Å². The summed E-state index contributed by atoms with van der Waals surface area (Å²) in [7, 11) is 1.96. The minimum atomic E-state index is -0.319. The molecule has 6 heteroatoms. The second kappa shape index (κ2) is 7.02. The Labute approximate surface area is 170 Å². The maximum Gasteiger partial charge on any atom is 0.228 e. The van der Waals surface area contributed by atoms with Gasteiger partial charge in [-0.25, -0.2) is 4.98 Å². The minimum Gasteiger partial charge on any atom is -0.460 e. The molecule has 3 atom stereocenters. The summed E-state index contributed by atoms with van der Waals surface area (Å²) in [6, 6.07) is 11.0. The lowest BCUT2D eigenvalue weighted by atomic mass is 9.71. The first-order valence-electron chi connectivity index (χ1n) is 10.6. The second-order valence-corrected chi connectivity index (χ2v) is 8.52. The molecule has 2 fully saturated rings. The van der Waals surface area contributed by atoms with E-state index in [0.29, 0.717) is 12.6 Å². The largest absolute Gasteiger partial charge is 0.460 e. The first-order valence-corrected chi connectivity index (χ1v) is 10.6. The number of fused-ring (bicyclic) bond motifs is 3. The number of benzene rings is 1. The summed E-state index contributed by atoms with van der Waals surface area (Å²) in [6.45, 7) is 3.41. The van der Waals surface area contributed by atoms with E-state index in [4.69, 9.17) is 4.42 Å². The van der Waals surface area contributed by atoms with Gasteiger partial charge < -0.3 is 14.3 Å². The molecule has 152 valence electrons. The summed E-state index contributed by atoms with van der Waals surface area (Å²) in [4.78, 5) is 20.2. The Hall–Kier alpha value is -2.60. The van der Waals surface area contributed by atoms with Crippen LogP contribution in [0.4, 0.5) is 0 Å². The van der Waals surface area contributed by atoms with Gasteiger partial charge in [0.15, 0.2) is 0 Å². The number of furan rings is 1. The first-order chi connectivity index (χ1) is 14.1. The van der Waals surface area contributed by atoms with E-state index in [1.807, 2.05) is 36.0 Å². The Morgan fingerprint density at radius 2 is 2.21 bits per heavy atom. The number of carbonyl (C=O) groups excluding carboxylic acids is 1. The predicted molar refractivity (Wildman–Crippen MR) is 111 cm³/mol. The van der Waals surface area contributed by atoms with Gasteiger partial charge in [-0.1, -0.05) is 25.1 Å². The monoisotopic (exact) mass is 392 g/mol. The maximum absolute atomic E-state index is 13.3. The van der Waals surface area contributed by atoms with Crippen molar-refractivity contribution in [2.45, 2.75) is 57.8 Å². The van der Waals surface area contributed by atoms with E-state index in [-0.39, 0.29) is 17.4 Å². The fourth-order valence-electron chi connectivity index (χ4n) is 5.53. The highest BCUT2D eigenvalue weighted by Gasteiger charge is 2.58. The molecule has 2 aromatic heterocycles. The lowest BCUT2D eigenvalue weighted by Gasteiger charge is -2.35. The second-order valence-electron chi connectivity index (χ2n) is 8.52. The van der Waals surface area contributed by atoms with Crippen molar-refractivity contribution in [2.24, 2.45) is 12.5 Å². The normalized spacial score (nSPS) is 26.4. The highest BCUT2D eigenvalue weighted by molar-refractivity contribution is 5.84. The van der Waals surface area contributed by atoms with Crippen molar-refractivity contribution in [1.29, 1.82) is 0 Å². The Morgan fingerprint density at radius 3 is 2.97 bits per heavy atom. The fourth-order valence-corrected chi connectivity index (χ4v) is 5.53. The zero-order valence-electron chi connectivity index (χ0n) is 17.1. The van der Waals surface area contributed by atoms with E-state index in [0.717, 1.165) is 48.4 Å². The van der Waals surface area contributed by atoms with E-state index in [9.17, 15) is 4.79 Å². The average molecular weight is 393 g/mol. The molecule has 0 unspecified atom stereocenters. The SMILES string of the molecule is CC[C@@]1(C(=O)NCc2nccn2C)C[C@@H]2CC[C@H]1N2Cc1cc2ccccc2o1. The third-order valence-electron chi connectivity index (χ3n) is 7.11. The predicted octanol–water partition coefficient (Wildman–Crippen LogP) is 3.62. The van der Waals surface area contributed by atoms with Crippen molar-refractivity contribution in [3.05, 3.63) is 54.3 Å². The van der Waals surface area contributed by atoms with Crippen LogP contribution in [-0.4, -0.2) is 32.4 Å². The van der Waals surface area contributed by atoms with E-state index < -0.39 is 0 Å². The van der Waals surface area contributed by atoms with Crippen molar-refractivity contribution < 1.29 is 9.21 Å². The quantitative estimate of drug-likeness (QED) is 0.696. The Balaban J connectivity index is 1.34. The third-order valence-corrected chi connectivity index (χ3v) is 7.11. The molecule has 4 heterocycles. The van der Waals surface area contributed by atoms with Crippen LogP contribution in [0.3, 0.4) is 0 Å². The zero-order chi connectivity index (χ0) is 20.0. The van der Waals surface area contributed by atoms with Crippen molar-refractivity contribution >= 4 is 16.9 Å². The van der Waals surface area contributed by atoms with Crippen molar-refractivity contribution in [3.8, 4) is 0 Å². The number of nitrogens with one attached hydrogen (secondary N) is 1. The van der Waals surface area contributed by atoms with Gasteiger partial charge in [-0.15, -0.1) is 0 Å². The summed E-state index contributed by atoms with van der Waals surface area (Å²) in [5.41, 5.74) is 0.615. The molecule has 2 aliphatic rings. The highest BCUT2D eigenvalue weighted by Crippen LogP contribution is 2.52. The number of amides is 1. The lowest BCUT2D eigenvalue weighted by molar-refractivity contribution is -0.133. The van der Waals surface area contributed by atoms with Crippen LogP contribution in [0.5, 0.6) is 0 Å². The van der Waals surface area contributed by atoms with Crippen LogP contribution in [0.15, 0.2) is 47.1 Å². The lowest BCUT2D eigenvalue weighted by Crippen LogP contribution is -2.48. The molecule has 5 rings (SSSR count). The van der Waals surface area contributed by atoms with Crippen LogP contribution in [-0.2, 0) is 24.9 Å². The Kier molecular flexibility index (Phi) is 4.46. The Morgan fingerprint density at radius 1 is 1.34 bits per heavy atom. The van der Waals surface area contributed by atoms with E-state index in [2.05, 4.69) is 34.3 Å². The topological polar surface area (TPSA) is 63.3 Å². The number of rotatable bonds is 6. The Bertz CT molecular complexity index is 1010. The summed E-state index contributed by atoms with van der Waals surface area (Å²) in [5, 5.41) is 4.32. The summed E-state index contributed by atoms with van der Waals surface area (Å²) in [5.74, 6) is 2.04. The number of carbonyl (C=O) groups is 1. The average Bonchev–Trinajstić information content (AvgIpc) is 3.49. The maximum atomic E-state index is 13.3. The number of nitrogens with zero attached hydrogens (tertiary/aromatic N) is 3. The smallest absolute Gasteiger partial charge is 0.228 e. The number of imidazole rings is 1. The molecule has 1 aromatic carbocycles. The molecule has 2 bridgehead atoms. The van der Waals surface area contributed by atoms with Crippen LogP contribution in [0.2, 0.25) is 0 Å². The van der Waals surface area contributed by atoms with Crippen LogP contribution >= 0.6 is 0 Å². The zero-order valence-corrected chi connectivity index (χ0v) is 17.1. The third kappa shape index (κ3) is 2.97. The first kappa shape index (κ1) is 18.4. The van der Waals surface area contributed by atoms with Crippen molar-refractivity contribution in [2.75, 3.05) is 0 Å². The van der Waals surface area contributed by atoms with Crippen molar-refractivity contribution in [1.82, 2.24) is 19.8 Å². The van der Waals surface area contributed by atoms with Gasteiger partial charge in [0, 0.05) is 36.9 Å². The number of para-hydroxylation sites is 1. The molecular weight excluding hydrogens is 364 g/mol.